The smallest absolute Gasteiger partial charge is 0.308 e. The summed E-state index contributed by atoms with van der Waals surface area (Å²) in [6.07, 6.45) is 10.6. The Kier molecular flexibility index (Phi) is 9.22. The number of fused-ring (bicyclic) bond motifs is 4. The zero-order chi connectivity index (χ0) is 20.6. The highest BCUT2D eigenvalue weighted by Gasteiger charge is 2.35. The Hall–Kier alpha value is -0.690. The number of ether oxygens (including phenoxy) is 4. The van der Waals surface area contributed by atoms with Crippen molar-refractivity contribution in [2.45, 2.75) is 133 Å². The lowest BCUT2D eigenvalue weighted by atomic mass is 9.91. The van der Waals surface area contributed by atoms with E-state index in [4.69, 9.17) is 18.9 Å². The van der Waals surface area contributed by atoms with E-state index in [1.54, 1.807) is 7.11 Å². The zero-order valence-electron chi connectivity index (χ0n) is 18.2. The molecule has 3 aliphatic heterocycles. The van der Waals surface area contributed by atoms with Crippen molar-refractivity contribution in [3.63, 3.8) is 0 Å². The normalized spacial score (nSPS) is 39.4. The van der Waals surface area contributed by atoms with Gasteiger partial charge in [0.05, 0.1) is 43.0 Å². The molecule has 3 fully saturated rings. The number of methoxy groups -OCH3 is 1. The number of aliphatic hydroxyl groups is 1. The second kappa shape index (κ2) is 11.6. The van der Waals surface area contributed by atoms with Crippen LogP contribution in [0.15, 0.2) is 0 Å². The molecule has 29 heavy (non-hydrogen) atoms. The summed E-state index contributed by atoms with van der Waals surface area (Å²) >= 11 is 0. The first kappa shape index (κ1) is 23.0. The Bertz CT molecular complexity index is 498. The number of hydrogen-bond donors (Lipinski definition) is 1. The van der Waals surface area contributed by atoms with E-state index in [2.05, 4.69) is 6.92 Å². The van der Waals surface area contributed by atoms with Crippen molar-refractivity contribution in [3.8, 4) is 0 Å². The third kappa shape index (κ3) is 7.50. The maximum atomic E-state index is 12.6. The molecule has 0 aromatic carbocycles. The first-order valence-electron chi connectivity index (χ1n) is 11.8. The molecule has 3 saturated heterocycles. The van der Waals surface area contributed by atoms with E-state index in [1.807, 2.05) is 0 Å². The topological polar surface area (TPSA) is 74.2 Å². The number of esters is 1. The first-order chi connectivity index (χ1) is 14.1. The summed E-state index contributed by atoms with van der Waals surface area (Å²) in [7, 11) is 1.74. The van der Waals surface area contributed by atoms with Crippen molar-refractivity contribution in [1.82, 2.24) is 0 Å². The van der Waals surface area contributed by atoms with Crippen molar-refractivity contribution in [2.24, 2.45) is 0 Å². The fourth-order valence-electron chi connectivity index (χ4n) is 5.13. The molecule has 2 unspecified atom stereocenters. The summed E-state index contributed by atoms with van der Waals surface area (Å²) in [5, 5.41) is 10.3. The summed E-state index contributed by atoms with van der Waals surface area (Å²) in [6.45, 7) is 2.18. The second-order valence-corrected chi connectivity index (χ2v) is 9.19. The van der Waals surface area contributed by atoms with Crippen LogP contribution in [0, 0.1) is 0 Å². The van der Waals surface area contributed by atoms with Crippen LogP contribution in [0.5, 0.6) is 0 Å². The van der Waals surface area contributed by atoms with Gasteiger partial charge in [-0.15, -0.1) is 0 Å². The van der Waals surface area contributed by atoms with E-state index < -0.39 is 6.10 Å². The predicted octanol–water partition coefficient (Wildman–Crippen LogP) is 3.91. The number of rotatable bonds is 5. The summed E-state index contributed by atoms with van der Waals surface area (Å²) in [5.41, 5.74) is 0. The summed E-state index contributed by atoms with van der Waals surface area (Å²) in [6, 6.07) is 0. The van der Waals surface area contributed by atoms with Crippen LogP contribution in [0.25, 0.3) is 0 Å². The van der Waals surface area contributed by atoms with Gasteiger partial charge in [-0.05, 0) is 51.4 Å². The molecule has 168 valence electrons. The molecule has 3 aliphatic rings. The minimum atomic E-state index is -0.437. The van der Waals surface area contributed by atoms with Gasteiger partial charge in [-0.2, -0.15) is 0 Å². The van der Waals surface area contributed by atoms with E-state index in [0.717, 1.165) is 64.2 Å². The molecule has 0 amide bonds. The average Bonchev–Trinajstić information content (AvgIpc) is 2.66. The lowest BCUT2D eigenvalue weighted by Gasteiger charge is -2.37. The number of carbonyl (C=O) groups is 1. The Morgan fingerprint density at radius 1 is 0.966 bits per heavy atom. The number of unbranched alkanes of at least 4 members (excludes halogenated alkanes) is 2. The SMILES string of the molecule is CCCCC[C@H]1C[C@@H]2CCCC(C[C@@H](OC)CC3C[C@H](O)C[C@@H](CC(=O)O1)O3)O2. The van der Waals surface area contributed by atoms with Crippen molar-refractivity contribution >= 4 is 5.97 Å². The molecule has 3 rings (SSSR count). The molecule has 4 bridgehead atoms. The van der Waals surface area contributed by atoms with E-state index in [9.17, 15) is 9.90 Å². The van der Waals surface area contributed by atoms with Crippen LogP contribution in [0.4, 0.5) is 0 Å². The van der Waals surface area contributed by atoms with Gasteiger partial charge in [0.2, 0.25) is 0 Å². The molecule has 0 aromatic heterocycles. The van der Waals surface area contributed by atoms with Gasteiger partial charge in [0.1, 0.15) is 6.10 Å². The highest BCUT2D eigenvalue weighted by Crippen LogP contribution is 2.31. The first-order valence-corrected chi connectivity index (χ1v) is 11.8. The Morgan fingerprint density at radius 3 is 2.41 bits per heavy atom. The standard InChI is InChI=1S/C23H40O6/c1-3-4-5-7-19-12-17-8-6-9-18(27-17)13-20(26-2)14-21-10-16(24)11-22(28-21)15-23(25)29-19/h16-22,24H,3-15H2,1-2H3/t16-,17-,18?,19-,20+,21?,22-/m0/s1. The Balaban J connectivity index is 1.71. The second-order valence-electron chi connectivity index (χ2n) is 9.19. The lowest BCUT2D eigenvalue weighted by Crippen LogP contribution is -2.41. The summed E-state index contributed by atoms with van der Waals surface area (Å²) in [4.78, 5) is 12.6. The molecule has 0 aliphatic carbocycles. The quantitative estimate of drug-likeness (QED) is 0.545. The minimum Gasteiger partial charge on any atom is -0.462 e. The van der Waals surface area contributed by atoms with Crippen molar-refractivity contribution in [3.05, 3.63) is 0 Å². The van der Waals surface area contributed by atoms with Crippen LogP contribution >= 0.6 is 0 Å². The molecule has 0 radical (unpaired) electrons. The maximum absolute atomic E-state index is 12.6. The summed E-state index contributed by atoms with van der Waals surface area (Å²) in [5.74, 6) is -0.211. The van der Waals surface area contributed by atoms with Crippen molar-refractivity contribution < 1.29 is 28.8 Å². The van der Waals surface area contributed by atoms with Crippen molar-refractivity contribution in [2.75, 3.05) is 7.11 Å². The van der Waals surface area contributed by atoms with E-state index in [1.165, 1.54) is 0 Å². The molecular weight excluding hydrogens is 372 g/mol. The van der Waals surface area contributed by atoms with Crippen molar-refractivity contribution in [1.29, 1.82) is 0 Å². The van der Waals surface area contributed by atoms with E-state index in [-0.39, 0.29) is 49.0 Å². The third-order valence-electron chi connectivity index (χ3n) is 6.62. The van der Waals surface area contributed by atoms with Gasteiger partial charge < -0.3 is 24.1 Å². The number of aliphatic hydroxyl groups excluding tert-OH is 1. The fraction of sp³-hybridized carbons (Fsp3) is 0.957. The van der Waals surface area contributed by atoms with Gasteiger partial charge >= 0.3 is 5.97 Å². The van der Waals surface area contributed by atoms with Crippen LogP contribution in [-0.2, 0) is 23.7 Å². The van der Waals surface area contributed by atoms with Crippen LogP contribution in [-0.4, -0.2) is 60.9 Å². The highest BCUT2D eigenvalue weighted by molar-refractivity contribution is 5.70. The molecule has 0 saturated carbocycles. The number of cyclic esters (lactones) is 1. The molecule has 6 heteroatoms. The van der Waals surface area contributed by atoms with Crippen LogP contribution in [0.3, 0.4) is 0 Å². The van der Waals surface area contributed by atoms with E-state index in [0.29, 0.717) is 12.8 Å². The average molecular weight is 413 g/mol. The van der Waals surface area contributed by atoms with Gasteiger partial charge in [0, 0.05) is 20.0 Å². The third-order valence-corrected chi connectivity index (χ3v) is 6.62. The Labute approximate surface area is 175 Å². The molecular formula is C23H40O6. The number of hydrogen-bond acceptors (Lipinski definition) is 6. The molecule has 3 heterocycles. The Morgan fingerprint density at radius 2 is 1.66 bits per heavy atom. The molecule has 1 N–H and O–H groups in total. The maximum Gasteiger partial charge on any atom is 0.308 e. The van der Waals surface area contributed by atoms with Gasteiger partial charge in [0.25, 0.3) is 0 Å². The summed E-state index contributed by atoms with van der Waals surface area (Å²) < 4.78 is 24.2. The molecule has 0 spiro atoms. The largest absolute Gasteiger partial charge is 0.462 e. The molecule has 0 aromatic rings. The van der Waals surface area contributed by atoms with Crippen LogP contribution in [0.2, 0.25) is 0 Å². The molecule has 7 atom stereocenters. The van der Waals surface area contributed by atoms with E-state index >= 15 is 0 Å². The minimum absolute atomic E-state index is 0.0462. The van der Waals surface area contributed by atoms with Gasteiger partial charge in [-0.3, -0.25) is 4.79 Å². The lowest BCUT2D eigenvalue weighted by molar-refractivity contribution is -0.166. The fourth-order valence-corrected chi connectivity index (χ4v) is 5.13. The van der Waals surface area contributed by atoms with Gasteiger partial charge in [0.15, 0.2) is 0 Å². The highest BCUT2D eigenvalue weighted by atomic mass is 16.6. The van der Waals surface area contributed by atoms with Gasteiger partial charge in [-0.1, -0.05) is 19.8 Å². The number of carbonyl (C=O) groups excluding carboxylic acids is 1. The van der Waals surface area contributed by atoms with Gasteiger partial charge in [-0.25, -0.2) is 0 Å². The molecule has 6 nitrogen and oxygen atoms in total. The predicted molar refractivity (Wildman–Crippen MR) is 110 cm³/mol. The zero-order valence-corrected chi connectivity index (χ0v) is 18.2. The van der Waals surface area contributed by atoms with Crippen LogP contribution < -0.4 is 0 Å². The monoisotopic (exact) mass is 412 g/mol. The van der Waals surface area contributed by atoms with Crippen LogP contribution in [0.1, 0.15) is 90.4 Å².